The Hall–Kier alpha value is -2.22. The molecule has 7 heteroatoms. The van der Waals surface area contributed by atoms with Crippen molar-refractivity contribution in [2.75, 3.05) is 31.5 Å². The Morgan fingerprint density at radius 1 is 1.07 bits per heavy atom. The summed E-state index contributed by atoms with van der Waals surface area (Å²) in [4.78, 5) is 14.4. The SMILES string of the molecule is Cc1cccc(CN2CCN(S(=O)(=O)c3ccc4c(c3)[C@H](C)C(=O)N4)CC2)c1. The standard InChI is InChI=1S/C21H25N3O3S/c1-15-4-3-5-17(12-15)14-23-8-10-24(11-9-23)28(26,27)18-6-7-20-19(13-18)16(2)21(25)22-20/h3-7,12-13,16H,8-11,14H2,1-2H3,(H,22,25)/t16-/m0/s1. The molecule has 2 aromatic carbocycles. The van der Waals surface area contributed by atoms with Gasteiger partial charge >= 0.3 is 0 Å². The molecule has 0 bridgehead atoms. The second kappa shape index (κ2) is 7.31. The van der Waals surface area contributed by atoms with Crippen molar-refractivity contribution in [3.05, 3.63) is 59.2 Å². The van der Waals surface area contributed by atoms with Crippen molar-refractivity contribution in [2.24, 2.45) is 0 Å². The molecule has 1 atom stereocenters. The predicted octanol–water partition coefficient (Wildman–Crippen LogP) is 2.56. The number of carbonyl (C=O) groups excluding carboxylic acids is 1. The van der Waals surface area contributed by atoms with Gasteiger partial charge in [0, 0.05) is 38.4 Å². The van der Waals surface area contributed by atoms with E-state index in [-0.39, 0.29) is 16.7 Å². The number of aryl methyl sites for hydroxylation is 1. The highest BCUT2D eigenvalue weighted by atomic mass is 32.2. The number of nitrogens with one attached hydrogen (secondary N) is 1. The third-order valence-electron chi connectivity index (χ3n) is 5.60. The molecule has 2 aromatic rings. The van der Waals surface area contributed by atoms with E-state index < -0.39 is 10.0 Å². The van der Waals surface area contributed by atoms with Gasteiger partial charge in [-0.05, 0) is 43.2 Å². The van der Waals surface area contributed by atoms with Crippen LogP contribution in [-0.2, 0) is 21.4 Å². The van der Waals surface area contributed by atoms with Gasteiger partial charge in [0.25, 0.3) is 0 Å². The van der Waals surface area contributed by atoms with Crippen LogP contribution in [0, 0.1) is 6.92 Å². The van der Waals surface area contributed by atoms with Crippen LogP contribution >= 0.6 is 0 Å². The number of nitrogens with zero attached hydrogens (tertiary/aromatic N) is 2. The number of rotatable bonds is 4. The van der Waals surface area contributed by atoms with Crippen molar-refractivity contribution in [2.45, 2.75) is 31.2 Å². The van der Waals surface area contributed by atoms with Gasteiger partial charge in [-0.1, -0.05) is 29.8 Å². The van der Waals surface area contributed by atoms with Crippen LogP contribution in [0.4, 0.5) is 5.69 Å². The summed E-state index contributed by atoms with van der Waals surface area (Å²) in [5.74, 6) is -0.411. The number of fused-ring (bicyclic) bond motifs is 1. The summed E-state index contributed by atoms with van der Waals surface area (Å²) in [7, 11) is -3.56. The molecule has 1 N–H and O–H groups in total. The second-order valence-electron chi connectivity index (χ2n) is 7.63. The molecular formula is C21H25N3O3S. The molecule has 0 unspecified atom stereocenters. The van der Waals surface area contributed by atoms with E-state index in [1.54, 1.807) is 29.4 Å². The molecule has 1 fully saturated rings. The molecule has 0 aromatic heterocycles. The van der Waals surface area contributed by atoms with Crippen LogP contribution in [0.5, 0.6) is 0 Å². The lowest BCUT2D eigenvalue weighted by molar-refractivity contribution is -0.116. The quantitative estimate of drug-likeness (QED) is 0.858. The highest BCUT2D eigenvalue weighted by molar-refractivity contribution is 7.89. The highest BCUT2D eigenvalue weighted by Gasteiger charge is 2.32. The summed E-state index contributed by atoms with van der Waals surface area (Å²) >= 11 is 0. The Labute approximate surface area is 166 Å². The number of hydrogen-bond acceptors (Lipinski definition) is 4. The molecule has 148 valence electrons. The normalized spacial score (nSPS) is 20.8. The molecule has 28 heavy (non-hydrogen) atoms. The molecule has 2 heterocycles. The van der Waals surface area contributed by atoms with Crippen molar-refractivity contribution in [3.8, 4) is 0 Å². The van der Waals surface area contributed by atoms with Crippen LogP contribution in [-0.4, -0.2) is 49.7 Å². The predicted molar refractivity (Wildman–Crippen MR) is 109 cm³/mol. The molecule has 2 aliphatic rings. The minimum absolute atomic E-state index is 0.0886. The third kappa shape index (κ3) is 3.57. The van der Waals surface area contributed by atoms with Gasteiger partial charge in [0.05, 0.1) is 10.8 Å². The van der Waals surface area contributed by atoms with E-state index in [1.807, 2.05) is 0 Å². The largest absolute Gasteiger partial charge is 0.325 e. The average Bonchev–Trinajstić information content (AvgIpc) is 2.96. The lowest BCUT2D eigenvalue weighted by atomic mass is 10.0. The minimum atomic E-state index is -3.56. The molecule has 0 spiro atoms. The van der Waals surface area contributed by atoms with Gasteiger partial charge in [-0.3, -0.25) is 9.69 Å². The molecule has 2 aliphatic heterocycles. The van der Waals surface area contributed by atoms with Crippen molar-refractivity contribution in [3.63, 3.8) is 0 Å². The van der Waals surface area contributed by atoms with Crippen LogP contribution in [0.15, 0.2) is 47.4 Å². The van der Waals surface area contributed by atoms with Gasteiger partial charge in [0.15, 0.2) is 0 Å². The Kier molecular flexibility index (Phi) is 4.99. The Bertz CT molecular complexity index is 1010. The monoisotopic (exact) mass is 399 g/mol. The molecule has 6 nitrogen and oxygen atoms in total. The summed E-state index contributed by atoms with van der Waals surface area (Å²) in [6, 6.07) is 13.3. The van der Waals surface area contributed by atoms with E-state index in [9.17, 15) is 13.2 Å². The molecule has 0 saturated carbocycles. The van der Waals surface area contributed by atoms with Crippen LogP contribution < -0.4 is 5.32 Å². The number of sulfonamides is 1. The lowest BCUT2D eigenvalue weighted by Gasteiger charge is -2.34. The second-order valence-corrected chi connectivity index (χ2v) is 9.57. The Morgan fingerprint density at radius 3 is 2.54 bits per heavy atom. The summed E-state index contributed by atoms with van der Waals surface area (Å²) in [5, 5.41) is 2.78. The van der Waals surface area contributed by atoms with Crippen molar-refractivity contribution < 1.29 is 13.2 Å². The van der Waals surface area contributed by atoms with E-state index in [0.717, 1.165) is 12.1 Å². The maximum atomic E-state index is 13.1. The average molecular weight is 400 g/mol. The summed E-state index contributed by atoms with van der Waals surface area (Å²) in [5.41, 5.74) is 3.95. The van der Waals surface area contributed by atoms with Gasteiger partial charge in [-0.25, -0.2) is 8.42 Å². The minimum Gasteiger partial charge on any atom is -0.325 e. The van der Waals surface area contributed by atoms with Gasteiger partial charge in [-0.2, -0.15) is 4.31 Å². The zero-order valence-corrected chi connectivity index (χ0v) is 17.0. The molecular weight excluding hydrogens is 374 g/mol. The van der Waals surface area contributed by atoms with Gasteiger partial charge < -0.3 is 5.32 Å². The van der Waals surface area contributed by atoms with Gasteiger partial charge in [0.2, 0.25) is 15.9 Å². The van der Waals surface area contributed by atoms with Crippen LogP contribution in [0.25, 0.3) is 0 Å². The third-order valence-corrected chi connectivity index (χ3v) is 7.49. The molecule has 1 amide bonds. The maximum absolute atomic E-state index is 13.1. The summed E-state index contributed by atoms with van der Waals surface area (Å²) < 4.78 is 27.7. The summed E-state index contributed by atoms with van der Waals surface area (Å²) in [6.07, 6.45) is 0. The topological polar surface area (TPSA) is 69.7 Å². The van der Waals surface area contributed by atoms with Crippen LogP contribution in [0.3, 0.4) is 0 Å². The van der Waals surface area contributed by atoms with E-state index >= 15 is 0 Å². The number of carbonyl (C=O) groups is 1. The molecule has 0 aliphatic carbocycles. The smallest absolute Gasteiger partial charge is 0.243 e. The van der Waals surface area contributed by atoms with Crippen molar-refractivity contribution >= 4 is 21.6 Å². The zero-order valence-electron chi connectivity index (χ0n) is 16.2. The van der Waals surface area contributed by atoms with E-state index in [1.165, 1.54) is 11.1 Å². The number of amides is 1. The van der Waals surface area contributed by atoms with Crippen LogP contribution in [0.2, 0.25) is 0 Å². The zero-order chi connectivity index (χ0) is 19.9. The lowest BCUT2D eigenvalue weighted by Crippen LogP contribution is -2.48. The highest BCUT2D eigenvalue weighted by Crippen LogP contribution is 2.34. The molecule has 1 saturated heterocycles. The van der Waals surface area contributed by atoms with Gasteiger partial charge in [0.1, 0.15) is 0 Å². The Balaban J connectivity index is 1.45. The fraction of sp³-hybridized carbons (Fsp3) is 0.381. The number of piperazine rings is 1. The number of benzene rings is 2. The van der Waals surface area contributed by atoms with E-state index in [4.69, 9.17) is 0 Å². The first-order valence-corrected chi connectivity index (χ1v) is 11.0. The first-order chi connectivity index (χ1) is 13.3. The molecule has 4 rings (SSSR count). The fourth-order valence-electron chi connectivity index (χ4n) is 3.90. The number of hydrogen-bond donors (Lipinski definition) is 1. The van der Waals surface area contributed by atoms with Crippen LogP contribution in [0.1, 0.15) is 29.5 Å². The molecule has 0 radical (unpaired) electrons. The van der Waals surface area contributed by atoms with E-state index in [0.29, 0.717) is 31.9 Å². The van der Waals surface area contributed by atoms with Crippen molar-refractivity contribution in [1.29, 1.82) is 0 Å². The number of anilines is 1. The fourth-order valence-corrected chi connectivity index (χ4v) is 5.36. The van der Waals surface area contributed by atoms with E-state index in [2.05, 4.69) is 41.4 Å². The van der Waals surface area contributed by atoms with Gasteiger partial charge in [-0.15, -0.1) is 0 Å². The first-order valence-electron chi connectivity index (χ1n) is 9.57. The summed E-state index contributed by atoms with van der Waals surface area (Å²) in [6.45, 7) is 7.05. The van der Waals surface area contributed by atoms with Crippen molar-refractivity contribution in [1.82, 2.24) is 9.21 Å². The maximum Gasteiger partial charge on any atom is 0.243 e. The Morgan fingerprint density at radius 2 is 1.82 bits per heavy atom. The first kappa shape index (κ1) is 19.1.